The molecule has 1 aromatic carbocycles. The van der Waals surface area contributed by atoms with E-state index in [4.69, 9.17) is 4.74 Å². The summed E-state index contributed by atoms with van der Waals surface area (Å²) < 4.78 is 5.70. The van der Waals surface area contributed by atoms with Gasteiger partial charge in [0.25, 0.3) is 0 Å². The first-order chi connectivity index (χ1) is 11.2. The summed E-state index contributed by atoms with van der Waals surface area (Å²) in [6.07, 6.45) is 6.10. The number of guanidine groups is 1. The molecule has 0 spiro atoms. The molecule has 1 heterocycles. The average Bonchev–Trinajstić information content (AvgIpc) is 2.59. The second kappa shape index (κ2) is 7.21. The molecule has 0 bridgehead atoms. The fourth-order valence-corrected chi connectivity index (χ4v) is 3.49. The largest absolute Gasteiger partial charge is 0.493 e. The molecule has 23 heavy (non-hydrogen) atoms. The van der Waals surface area contributed by atoms with Crippen molar-refractivity contribution in [3.05, 3.63) is 29.8 Å². The third-order valence-corrected chi connectivity index (χ3v) is 4.86. The Morgan fingerprint density at radius 2 is 2.09 bits per heavy atom. The minimum Gasteiger partial charge on any atom is -0.493 e. The number of rotatable bonds is 3. The van der Waals surface area contributed by atoms with E-state index >= 15 is 0 Å². The summed E-state index contributed by atoms with van der Waals surface area (Å²) in [6.45, 7) is 1.26. The van der Waals surface area contributed by atoms with Gasteiger partial charge in [-0.15, -0.1) is 0 Å². The lowest BCUT2D eigenvalue weighted by atomic mass is 9.85. The Balaban J connectivity index is 1.60. The Hall–Kier alpha value is -1.75. The molecule has 1 saturated carbocycles. The molecule has 0 aromatic heterocycles. The van der Waals surface area contributed by atoms with Crippen molar-refractivity contribution in [1.82, 2.24) is 10.6 Å². The number of aliphatic imine (C=N–C) groups is 1. The predicted molar refractivity (Wildman–Crippen MR) is 91.8 cm³/mol. The van der Waals surface area contributed by atoms with E-state index in [1.807, 2.05) is 18.2 Å². The number of aliphatic hydroxyl groups is 1. The Morgan fingerprint density at radius 3 is 2.87 bits per heavy atom. The molecular weight excluding hydrogens is 290 g/mol. The highest BCUT2D eigenvalue weighted by atomic mass is 16.5. The first-order valence-corrected chi connectivity index (χ1v) is 8.61. The van der Waals surface area contributed by atoms with Crippen LogP contribution in [-0.4, -0.2) is 36.9 Å². The van der Waals surface area contributed by atoms with Crippen LogP contribution in [0.25, 0.3) is 0 Å². The van der Waals surface area contributed by atoms with Crippen LogP contribution in [0.3, 0.4) is 0 Å². The van der Waals surface area contributed by atoms with Crippen molar-refractivity contribution in [2.45, 2.75) is 50.2 Å². The molecule has 3 N–H and O–H groups in total. The molecule has 3 rings (SSSR count). The molecule has 0 saturated heterocycles. The quantitative estimate of drug-likeness (QED) is 0.591. The van der Waals surface area contributed by atoms with Gasteiger partial charge in [-0.3, -0.25) is 4.99 Å². The zero-order valence-corrected chi connectivity index (χ0v) is 13.8. The summed E-state index contributed by atoms with van der Waals surface area (Å²) in [7, 11) is 1.77. The lowest BCUT2D eigenvalue weighted by Gasteiger charge is -2.33. The minimum absolute atomic E-state index is 0.187. The molecule has 126 valence electrons. The van der Waals surface area contributed by atoms with E-state index in [0.717, 1.165) is 49.4 Å². The number of para-hydroxylation sites is 1. The van der Waals surface area contributed by atoms with Crippen LogP contribution in [0, 0.1) is 0 Å². The van der Waals surface area contributed by atoms with Gasteiger partial charge in [0.05, 0.1) is 18.2 Å². The standard InChI is InChI=1S/C18H27N3O2/c1-19-17(20-13-18(22)10-5-2-6-11-18)21-15-9-12-23-16-8-4-3-7-14(15)16/h3-4,7-8,15,22H,2,5-6,9-13H2,1H3,(H2,19,20,21). The lowest BCUT2D eigenvalue weighted by Crippen LogP contribution is -2.49. The molecule has 1 atom stereocenters. The molecule has 1 aliphatic heterocycles. The van der Waals surface area contributed by atoms with E-state index in [1.165, 1.54) is 6.42 Å². The van der Waals surface area contributed by atoms with Crippen LogP contribution in [0.1, 0.15) is 50.1 Å². The predicted octanol–water partition coefficient (Wildman–Crippen LogP) is 2.37. The van der Waals surface area contributed by atoms with E-state index in [1.54, 1.807) is 7.05 Å². The zero-order chi connectivity index (χ0) is 16.1. The van der Waals surface area contributed by atoms with Crippen molar-refractivity contribution < 1.29 is 9.84 Å². The third-order valence-electron chi connectivity index (χ3n) is 4.86. The number of nitrogens with one attached hydrogen (secondary N) is 2. The molecule has 1 aromatic rings. The Bertz CT molecular complexity index is 553. The second-order valence-electron chi connectivity index (χ2n) is 6.58. The fraction of sp³-hybridized carbons (Fsp3) is 0.611. The van der Waals surface area contributed by atoms with Gasteiger partial charge < -0.3 is 20.5 Å². The van der Waals surface area contributed by atoms with Crippen LogP contribution in [0.4, 0.5) is 0 Å². The maximum atomic E-state index is 10.6. The highest BCUT2D eigenvalue weighted by Crippen LogP contribution is 2.31. The number of hydrogen-bond acceptors (Lipinski definition) is 3. The van der Waals surface area contributed by atoms with E-state index in [0.29, 0.717) is 13.2 Å². The third kappa shape index (κ3) is 3.96. The molecular formula is C18H27N3O2. The van der Waals surface area contributed by atoms with Crippen LogP contribution >= 0.6 is 0 Å². The molecule has 1 fully saturated rings. The maximum absolute atomic E-state index is 10.6. The van der Waals surface area contributed by atoms with Gasteiger partial charge in [-0.05, 0) is 18.9 Å². The summed E-state index contributed by atoms with van der Waals surface area (Å²) in [5.74, 6) is 1.68. The van der Waals surface area contributed by atoms with Crippen LogP contribution in [0.15, 0.2) is 29.3 Å². The van der Waals surface area contributed by atoms with Crippen molar-refractivity contribution in [3.8, 4) is 5.75 Å². The fourth-order valence-electron chi connectivity index (χ4n) is 3.49. The van der Waals surface area contributed by atoms with Gasteiger partial charge in [-0.2, -0.15) is 0 Å². The van der Waals surface area contributed by atoms with Gasteiger partial charge >= 0.3 is 0 Å². The van der Waals surface area contributed by atoms with Crippen molar-refractivity contribution >= 4 is 5.96 Å². The Labute approximate surface area is 138 Å². The number of benzene rings is 1. The van der Waals surface area contributed by atoms with Crippen molar-refractivity contribution in [1.29, 1.82) is 0 Å². The molecule has 5 nitrogen and oxygen atoms in total. The molecule has 0 radical (unpaired) electrons. The van der Waals surface area contributed by atoms with Gasteiger partial charge in [0.2, 0.25) is 0 Å². The first-order valence-electron chi connectivity index (χ1n) is 8.61. The number of nitrogens with zero attached hydrogens (tertiary/aromatic N) is 1. The number of ether oxygens (including phenoxy) is 1. The van der Waals surface area contributed by atoms with Gasteiger partial charge in [0, 0.05) is 25.6 Å². The SMILES string of the molecule is CN=C(NCC1(O)CCCCC1)NC1CCOc2ccccc21. The van der Waals surface area contributed by atoms with E-state index in [9.17, 15) is 5.11 Å². The maximum Gasteiger partial charge on any atom is 0.191 e. The van der Waals surface area contributed by atoms with Crippen LogP contribution < -0.4 is 15.4 Å². The summed E-state index contributed by atoms with van der Waals surface area (Å²) in [5.41, 5.74) is 0.571. The highest BCUT2D eigenvalue weighted by molar-refractivity contribution is 5.80. The summed E-state index contributed by atoms with van der Waals surface area (Å²) in [4.78, 5) is 4.31. The minimum atomic E-state index is -0.594. The second-order valence-corrected chi connectivity index (χ2v) is 6.58. The normalized spacial score (nSPS) is 23.6. The number of fused-ring (bicyclic) bond motifs is 1. The molecule has 0 amide bonds. The van der Waals surface area contributed by atoms with Gasteiger partial charge in [0.15, 0.2) is 5.96 Å². The smallest absolute Gasteiger partial charge is 0.191 e. The van der Waals surface area contributed by atoms with E-state index < -0.39 is 5.60 Å². The van der Waals surface area contributed by atoms with E-state index in [2.05, 4.69) is 21.7 Å². The summed E-state index contributed by atoms with van der Waals surface area (Å²) >= 11 is 0. The average molecular weight is 317 g/mol. The van der Waals surface area contributed by atoms with Gasteiger partial charge in [-0.25, -0.2) is 0 Å². The van der Waals surface area contributed by atoms with Crippen LogP contribution in [0.5, 0.6) is 5.75 Å². The number of hydrogen-bond donors (Lipinski definition) is 3. The topological polar surface area (TPSA) is 65.9 Å². The molecule has 1 aliphatic carbocycles. The van der Waals surface area contributed by atoms with Gasteiger partial charge in [0.1, 0.15) is 5.75 Å². The van der Waals surface area contributed by atoms with Crippen molar-refractivity contribution in [3.63, 3.8) is 0 Å². The molecule has 2 aliphatic rings. The molecule has 1 unspecified atom stereocenters. The monoisotopic (exact) mass is 317 g/mol. The van der Waals surface area contributed by atoms with E-state index in [-0.39, 0.29) is 6.04 Å². The van der Waals surface area contributed by atoms with Gasteiger partial charge in [-0.1, -0.05) is 37.5 Å². The lowest BCUT2D eigenvalue weighted by molar-refractivity contribution is 0.00853. The molecule has 5 heteroatoms. The van der Waals surface area contributed by atoms with Crippen LogP contribution in [0.2, 0.25) is 0 Å². The van der Waals surface area contributed by atoms with Crippen molar-refractivity contribution in [2.24, 2.45) is 4.99 Å². The Kier molecular flexibility index (Phi) is 5.06. The first kappa shape index (κ1) is 16.1. The highest BCUT2D eigenvalue weighted by Gasteiger charge is 2.29. The van der Waals surface area contributed by atoms with Crippen LogP contribution in [-0.2, 0) is 0 Å². The Morgan fingerprint density at radius 1 is 1.30 bits per heavy atom. The zero-order valence-electron chi connectivity index (χ0n) is 13.8. The summed E-state index contributed by atoms with van der Waals surface area (Å²) in [6, 6.07) is 8.31. The van der Waals surface area contributed by atoms with Crippen molar-refractivity contribution in [2.75, 3.05) is 20.2 Å². The summed E-state index contributed by atoms with van der Waals surface area (Å²) in [5, 5.41) is 17.4.